The Hall–Kier alpha value is -0.260. The normalized spacial score (nSPS) is 26.9. The van der Waals surface area contributed by atoms with Crippen molar-refractivity contribution in [3.63, 3.8) is 0 Å². The first-order chi connectivity index (χ1) is 5.35. The second kappa shape index (κ2) is 3.64. The zero-order chi connectivity index (χ0) is 7.73. The molecule has 0 aromatic rings. The van der Waals surface area contributed by atoms with Gasteiger partial charge < -0.3 is 5.32 Å². The SMILES string of the molecule is Cl.N#CC1CC2(CCNCC2)C1. The van der Waals surface area contributed by atoms with Crippen LogP contribution in [0.5, 0.6) is 0 Å². The van der Waals surface area contributed by atoms with Gasteiger partial charge in [-0.3, -0.25) is 0 Å². The van der Waals surface area contributed by atoms with Crippen LogP contribution in [0.25, 0.3) is 0 Å². The molecule has 1 heterocycles. The van der Waals surface area contributed by atoms with E-state index in [4.69, 9.17) is 5.26 Å². The van der Waals surface area contributed by atoms with Crippen LogP contribution in [0.15, 0.2) is 0 Å². The summed E-state index contributed by atoms with van der Waals surface area (Å²) in [4.78, 5) is 0. The molecule has 0 aromatic carbocycles. The third-order valence-corrected chi connectivity index (χ3v) is 3.21. The smallest absolute Gasteiger partial charge is 0.0656 e. The van der Waals surface area contributed by atoms with Gasteiger partial charge in [0.25, 0.3) is 0 Å². The second-order valence-corrected chi connectivity index (χ2v) is 3.98. The monoisotopic (exact) mass is 186 g/mol. The van der Waals surface area contributed by atoms with E-state index in [0.717, 1.165) is 13.1 Å². The summed E-state index contributed by atoms with van der Waals surface area (Å²) in [7, 11) is 0. The molecule has 1 aliphatic carbocycles. The van der Waals surface area contributed by atoms with E-state index in [9.17, 15) is 0 Å². The Morgan fingerprint density at radius 1 is 1.25 bits per heavy atom. The topological polar surface area (TPSA) is 35.8 Å². The molecule has 1 N–H and O–H groups in total. The lowest BCUT2D eigenvalue weighted by molar-refractivity contribution is 0.0492. The Morgan fingerprint density at radius 3 is 2.33 bits per heavy atom. The quantitative estimate of drug-likeness (QED) is 0.625. The summed E-state index contributed by atoms with van der Waals surface area (Å²) in [6.45, 7) is 2.33. The number of nitriles is 1. The lowest BCUT2D eigenvalue weighted by Crippen LogP contribution is -2.44. The second-order valence-electron chi connectivity index (χ2n) is 3.98. The van der Waals surface area contributed by atoms with Crippen molar-refractivity contribution in [2.45, 2.75) is 25.7 Å². The Kier molecular flexibility index (Phi) is 2.98. The predicted molar refractivity (Wildman–Crippen MR) is 50.1 cm³/mol. The first kappa shape index (κ1) is 9.83. The minimum atomic E-state index is 0. The van der Waals surface area contributed by atoms with Crippen LogP contribution in [0.3, 0.4) is 0 Å². The Balaban J connectivity index is 0.000000720. The molecule has 1 saturated heterocycles. The molecule has 3 heteroatoms. The number of nitrogens with one attached hydrogen (secondary N) is 1. The molecule has 0 amide bonds. The van der Waals surface area contributed by atoms with Crippen LogP contribution >= 0.6 is 12.4 Å². The van der Waals surface area contributed by atoms with Crippen molar-refractivity contribution in [2.75, 3.05) is 13.1 Å². The molecule has 68 valence electrons. The van der Waals surface area contributed by atoms with E-state index in [0.29, 0.717) is 11.3 Å². The maximum absolute atomic E-state index is 8.63. The first-order valence-corrected chi connectivity index (χ1v) is 4.45. The number of piperidine rings is 1. The summed E-state index contributed by atoms with van der Waals surface area (Å²) in [5, 5.41) is 12.0. The third-order valence-electron chi connectivity index (χ3n) is 3.21. The van der Waals surface area contributed by atoms with Gasteiger partial charge in [0, 0.05) is 5.92 Å². The molecular weight excluding hydrogens is 172 g/mol. The molecule has 1 spiro atoms. The third kappa shape index (κ3) is 1.57. The largest absolute Gasteiger partial charge is 0.317 e. The van der Waals surface area contributed by atoms with Crippen LogP contribution in [0.1, 0.15) is 25.7 Å². The minimum absolute atomic E-state index is 0. The van der Waals surface area contributed by atoms with Crippen molar-refractivity contribution in [1.82, 2.24) is 5.32 Å². The van der Waals surface area contributed by atoms with Crippen LogP contribution in [-0.2, 0) is 0 Å². The predicted octanol–water partition coefficient (Wildman–Crippen LogP) is 1.71. The van der Waals surface area contributed by atoms with E-state index in [1.807, 2.05) is 0 Å². The number of rotatable bonds is 0. The van der Waals surface area contributed by atoms with E-state index in [1.54, 1.807) is 0 Å². The summed E-state index contributed by atoms with van der Waals surface area (Å²) in [6.07, 6.45) is 4.94. The molecule has 2 nitrogen and oxygen atoms in total. The fraction of sp³-hybridized carbons (Fsp3) is 0.889. The highest BCUT2D eigenvalue weighted by Gasteiger charge is 2.44. The molecule has 1 aliphatic heterocycles. The fourth-order valence-electron chi connectivity index (χ4n) is 2.44. The van der Waals surface area contributed by atoms with Gasteiger partial charge in [0.1, 0.15) is 0 Å². The number of halogens is 1. The highest BCUT2D eigenvalue weighted by Crippen LogP contribution is 2.51. The first-order valence-electron chi connectivity index (χ1n) is 4.45. The van der Waals surface area contributed by atoms with Crippen LogP contribution in [0.4, 0.5) is 0 Å². The molecule has 0 bridgehead atoms. The van der Waals surface area contributed by atoms with Crippen LogP contribution in [0.2, 0.25) is 0 Å². The zero-order valence-electron chi connectivity index (χ0n) is 7.18. The van der Waals surface area contributed by atoms with Gasteiger partial charge in [0.2, 0.25) is 0 Å². The molecule has 0 aromatic heterocycles. The molecule has 2 fully saturated rings. The highest BCUT2D eigenvalue weighted by atomic mass is 35.5. The van der Waals surface area contributed by atoms with Gasteiger partial charge in [-0.2, -0.15) is 5.26 Å². The summed E-state index contributed by atoms with van der Waals surface area (Å²) < 4.78 is 0. The molecular formula is C9H15ClN2. The molecule has 0 radical (unpaired) electrons. The van der Waals surface area contributed by atoms with Gasteiger partial charge >= 0.3 is 0 Å². The Bertz CT molecular complexity index is 183. The van der Waals surface area contributed by atoms with Gasteiger partial charge in [0.05, 0.1) is 6.07 Å². The standard InChI is InChI=1S/C9H14N2.ClH/c10-7-8-5-9(6-8)1-3-11-4-2-9;/h8,11H,1-6H2;1H. The van der Waals surface area contributed by atoms with Gasteiger partial charge in [-0.1, -0.05) is 0 Å². The van der Waals surface area contributed by atoms with Gasteiger partial charge in [0.15, 0.2) is 0 Å². The summed E-state index contributed by atoms with van der Waals surface area (Å²) in [6, 6.07) is 2.35. The number of hydrogen-bond acceptors (Lipinski definition) is 2. The number of hydrogen-bond donors (Lipinski definition) is 1. The van der Waals surface area contributed by atoms with Crippen LogP contribution in [0, 0.1) is 22.7 Å². The fourth-order valence-corrected chi connectivity index (χ4v) is 2.44. The number of nitrogens with zero attached hydrogens (tertiary/aromatic N) is 1. The van der Waals surface area contributed by atoms with E-state index < -0.39 is 0 Å². The molecule has 2 aliphatic rings. The van der Waals surface area contributed by atoms with Crippen molar-refractivity contribution in [3.8, 4) is 6.07 Å². The summed E-state index contributed by atoms with van der Waals surface area (Å²) in [5.74, 6) is 0.382. The summed E-state index contributed by atoms with van der Waals surface area (Å²) >= 11 is 0. The average molecular weight is 187 g/mol. The van der Waals surface area contributed by atoms with Crippen molar-refractivity contribution < 1.29 is 0 Å². The lowest BCUT2D eigenvalue weighted by atomic mass is 9.58. The van der Waals surface area contributed by atoms with Gasteiger partial charge in [-0.05, 0) is 44.2 Å². The highest BCUT2D eigenvalue weighted by molar-refractivity contribution is 5.85. The minimum Gasteiger partial charge on any atom is -0.317 e. The molecule has 12 heavy (non-hydrogen) atoms. The van der Waals surface area contributed by atoms with E-state index >= 15 is 0 Å². The molecule has 2 rings (SSSR count). The Morgan fingerprint density at radius 2 is 1.83 bits per heavy atom. The maximum Gasteiger partial charge on any atom is 0.0656 e. The van der Waals surface area contributed by atoms with Crippen LogP contribution < -0.4 is 5.32 Å². The molecule has 0 unspecified atom stereocenters. The average Bonchev–Trinajstić information content (AvgIpc) is 2.01. The van der Waals surface area contributed by atoms with Gasteiger partial charge in [-0.15, -0.1) is 12.4 Å². The van der Waals surface area contributed by atoms with Crippen molar-refractivity contribution in [1.29, 1.82) is 5.26 Å². The van der Waals surface area contributed by atoms with Crippen molar-refractivity contribution >= 4 is 12.4 Å². The molecule has 1 saturated carbocycles. The van der Waals surface area contributed by atoms with Crippen LogP contribution in [-0.4, -0.2) is 13.1 Å². The summed E-state index contributed by atoms with van der Waals surface area (Å²) in [5.41, 5.74) is 0.589. The zero-order valence-corrected chi connectivity index (χ0v) is 7.99. The van der Waals surface area contributed by atoms with E-state index in [-0.39, 0.29) is 12.4 Å². The van der Waals surface area contributed by atoms with E-state index in [1.165, 1.54) is 25.7 Å². The van der Waals surface area contributed by atoms with E-state index in [2.05, 4.69) is 11.4 Å². The van der Waals surface area contributed by atoms with Gasteiger partial charge in [-0.25, -0.2) is 0 Å². The van der Waals surface area contributed by atoms with Crippen molar-refractivity contribution in [2.24, 2.45) is 11.3 Å². The lowest BCUT2D eigenvalue weighted by Gasteiger charge is -2.47. The maximum atomic E-state index is 8.63. The Labute approximate surface area is 79.7 Å². The van der Waals surface area contributed by atoms with Crippen molar-refractivity contribution in [3.05, 3.63) is 0 Å². The molecule has 0 atom stereocenters.